The van der Waals surface area contributed by atoms with Crippen LogP contribution in [-0.2, 0) is 10.0 Å². The summed E-state index contributed by atoms with van der Waals surface area (Å²) in [6.45, 7) is 1.29. The highest BCUT2D eigenvalue weighted by Gasteiger charge is 2.27. The van der Waals surface area contributed by atoms with Crippen molar-refractivity contribution in [3.8, 4) is 0 Å². The lowest BCUT2D eigenvalue weighted by atomic mass is 10.4. The highest BCUT2D eigenvalue weighted by atomic mass is 32.2. The Labute approximate surface area is 97.7 Å². The molecule has 0 unspecified atom stereocenters. The molecule has 0 aliphatic heterocycles. The maximum absolute atomic E-state index is 11.8. The number of carboxylic acid groups (broad SMARTS) is 1. The molecule has 0 bridgehead atoms. The van der Waals surface area contributed by atoms with Crippen LogP contribution in [0.25, 0.3) is 0 Å². The molecule has 0 aliphatic rings. The van der Waals surface area contributed by atoms with Crippen LogP contribution in [0, 0.1) is 6.92 Å². The van der Waals surface area contributed by atoms with Gasteiger partial charge in [-0.2, -0.15) is 5.10 Å². The van der Waals surface area contributed by atoms with E-state index in [0.29, 0.717) is 0 Å². The van der Waals surface area contributed by atoms with E-state index in [4.69, 9.17) is 10.2 Å². The molecule has 1 heterocycles. The van der Waals surface area contributed by atoms with Gasteiger partial charge in [-0.1, -0.05) is 0 Å². The number of aliphatic hydroxyl groups is 1. The van der Waals surface area contributed by atoms with Crippen LogP contribution < -0.4 is 4.72 Å². The third-order valence-corrected chi connectivity index (χ3v) is 3.61. The molecule has 96 valence electrons. The molecular formula is C8H13N3O5S. The van der Waals surface area contributed by atoms with Crippen LogP contribution in [-0.4, -0.2) is 47.9 Å². The number of aryl methyl sites for hydroxylation is 1. The van der Waals surface area contributed by atoms with Gasteiger partial charge in [0.1, 0.15) is 4.90 Å². The van der Waals surface area contributed by atoms with Gasteiger partial charge in [-0.3, -0.25) is 5.10 Å². The molecule has 1 aromatic rings. The van der Waals surface area contributed by atoms with Gasteiger partial charge in [-0.05, 0) is 13.3 Å². The Morgan fingerprint density at radius 3 is 2.71 bits per heavy atom. The second kappa shape index (κ2) is 5.25. The molecule has 0 amide bonds. The molecule has 0 aromatic carbocycles. The third-order valence-electron chi connectivity index (χ3n) is 1.99. The number of aromatic carboxylic acids is 1. The number of aromatic nitrogens is 2. The number of sulfonamides is 1. The van der Waals surface area contributed by atoms with E-state index in [0.717, 1.165) is 0 Å². The smallest absolute Gasteiger partial charge is 0.357 e. The fourth-order valence-electron chi connectivity index (χ4n) is 1.25. The summed E-state index contributed by atoms with van der Waals surface area (Å²) in [6.07, 6.45) is 0.249. The lowest BCUT2D eigenvalue weighted by Gasteiger charge is -2.05. The Balaban J connectivity index is 3.06. The van der Waals surface area contributed by atoms with Crippen LogP contribution in [0.2, 0.25) is 0 Å². The average molecular weight is 263 g/mol. The van der Waals surface area contributed by atoms with Crippen LogP contribution in [0.3, 0.4) is 0 Å². The Kier molecular flexibility index (Phi) is 4.21. The summed E-state index contributed by atoms with van der Waals surface area (Å²) in [6, 6.07) is 0. The van der Waals surface area contributed by atoms with Gasteiger partial charge in [-0.25, -0.2) is 17.9 Å². The number of aromatic amines is 1. The largest absolute Gasteiger partial charge is 0.476 e. The minimum atomic E-state index is -3.93. The van der Waals surface area contributed by atoms with Crippen molar-refractivity contribution in [1.82, 2.24) is 14.9 Å². The summed E-state index contributed by atoms with van der Waals surface area (Å²) >= 11 is 0. The van der Waals surface area contributed by atoms with E-state index >= 15 is 0 Å². The van der Waals surface area contributed by atoms with Gasteiger partial charge in [0, 0.05) is 13.2 Å². The Hall–Kier alpha value is -1.45. The molecule has 0 fully saturated rings. The number of hydrogen-bond acceptors (Lipinski definition) is 5. The second-order valence-electron chi connectivity index (χ2n) is 3.31. The number of nitrogens with zero attached hydrogens (tertiary/aromatic N) is 1. The minimum Gasteiger partial charge on any atom is -0.476 e. The lowest BCUT2D eigenvalue weighted by Crippen LogP contribution is -2.27. The van der Waals surface area contributed by atoms with Crippen LogP contribution in [0.4, 0.5) is 0 Å². The van der Waals surface area contributed by atoms with Gasteiger partial charge < -0.3 is 10.2 Å². The van der Waals surface area contributed by atoms with E-state index in [1.807, 2.05) is 0 Å². The molecule has 4 N–H and O–H groups in total. The van der Waals surface area contributed by atoms with Crippen molar-refractivity contribution < 1.29 is 23.4 Å². The predicted molar refractivity (Wildman–Crippen MR) is 57.2 cm³/mol. The first-order valence-electron chi connectivity index (χ1n) is 4.79. The van der Waals surface area contributed by atoms with Gasteiger partial charge >= 0.3 is 5.97 Å². The quantitative estimate of drug-likeness (QED) is 0.490. The predicted octanol–water partition coefficient (Wildman–Crippen LogP) is -0.923. The zero-order chi connectivity index (χ0) is 13.1. The van der Waals surface area contributed by atoms with Crippen LogP contribution in [0.15, 0.2) is 4.90 Å². The first kappa shape index (κ1) is 13.6. The SMILES string of the molecule is Cc1[nH]nc(C(=O)O)c1S(=O)(=O)NCCCO. The van der Waals surface area contributed by atoms with E-state index in [-0.39, 0.29) is 30.2 Å². The molecule has 0 spiro atoms. The first-order valence-corrected chi connectivity index (χ1v) is 6.27. The standard InChI is InChI=1S/C8H13N3O5S/c1-5-7(6(8(13)14)11-10-5)17(15,16)9-3-2-4-12/h9,12H,2-4H2,1H3,(H,10,11)(H,13,14). The maximum atomic E-state index is 11.8. The summed E-state index contributed by atoms with van der Waals surface area (Å²) in [5, 5.41) is 23.1. The number of carboxylic acids is 1. The summed E-state index contributed by atoms with van der Waals surface area (Å²) < 4.78 is 25.8. The van der Waals surface area contributed by atoms with Gasteiger partial charge in [0.15, 0.2) is 5.69 Å². The second-order valence-corrected chi connectivity index (χ2v) is 5.01. The summed E-state index contributed by atoms with van der Waals surface area (Å²) in [5.41, 5.74) is -0.391. The molecule has 1 rings (SSSR count). The zero-order valence-corrected chi connectivity index (χ0v) is 9.91. The van der Waals surface area contributed by atoms with Crippen molar-refractivity contribution in [3.05, 3.63) is 11.4 Å². The molecule has 9 heteroatoms. The van der Waals surface area contributed by atoms with Crippen molar-refractivity contribution in [2.45, 2.75) is 18.2 Å². The monoisotopic (exact) mass is 263 g/mol. The fourth-order valence-corrected chi connectivity index (χ4v) is 2.64. The minimum absolute atomic E-state index is 0.0303. The molecule has 0 saturated carbocycles. The van der Waals surface area contributed by atoms with Crippen molar-refractivity contribution in [1.29, 1.82) is 0 Å². The molecule has 0 radical (unpaired) electrons. The number of H-pyrrole nitrogens is 1. The van der Waals surface area contributed by atoms with Crippen molar-refractivity contribution in [2.75, 3.05) is 13.2 Å². The van der Waals surface area contributed by atoms with E-state index in [2.05, 4.69) is 14.9 Å². The first-order chi connectivity index (χ1) is 7.90. The van der Waals surface area contributed by atoms with E-state index in [9.17, 15) is 13.2 Å². The number of rotatable bonds is 6. The normalized spacial score (nSPS) is 11.6. The van der Waals surface area contributed by atoms with Gasteiger partial charge in [0.05, 0.1) is 5.69 Å². The van der Waals surface area contributed by atoms with Gasteiger partial charge in [0.25, 0.3) is 0 Å². The molecule has 0 saturated heterocycles. The Morgan fingerprint density at radius 2 is 2.18 bits per heavy atom. The van der Waals surface area contributed by atoms with Crippen LogP contribution in [0.5, 0.6) is 0 Å². The number of carbonyl (C=O) groups is 1. The lowest BCUT2D eigenvalue weighted by molar-refractivity contribution is 0.0686. The Bertz CT molecular complexity index is 507. The molecule has 0 atom stereocenters. The molecule has 17 heavy (non-hydrogen) atoms. The van der Waals surface area contributed by atoms with Crippen LogP contribution >= 0.6 is 0 Å². The maximum Gasteiger partial charge on any atom is 0.357 e. The van der Waals surface area contributed by atoms with Crippen molar-refractivity contribution >= 4 is 16.0 Å². The average Bonchev–Trinajstić information content (AvgIpc) is 2.61. The number of hydrogen-bond donors (Lipinski definition) is 4. The number of aliphatic hydroxyl groups excluding tert-OH is 1. The third kappa shape index (κ3) is 3.02. The van der Waals surface area contributed by atoms with Gasteiger partial charge in [-0.15, -0.1) is 0 Å². The topological polar surface area (TPSA) is 132 Å². The summed E-state index contributed by atoms with van der Waals surface area (Å²) in [5.74, 6) is -1.42. The van der Waals surface area contributed by atoms with Crippen molar-refractivity contribution in [2.24, 2.45) is 0 Å². The fraction of sp³-hybridized carbons (Fsp3) is 0.500. The van der Waals surface area contributed by atoms with Crippen molar-refractivity contribution in [3.63, 3.8) is 0 Å². The van der Waals surface area contributed by atoms with Crippen LogP contribution in [0.1, 0.15) is 22.6 Å². The molecule has 8 nitrogen and oxygen atoms in total. The molecular weight excluding hydrogens is 250 g/mol. The highest BCUT2D eigenvalue weighted by molar-refractivity contribution is 7.89. The number of nitrogens with one attached hydrogen (secondary N) is 2. The van der Waals surface area contributed by atoms with Gasteiger partial charge in [0.2, 0.25) is 10.0 Å². The van der Waals surface area contributed by atoms with E-state index in [1.54, 1.807) is 0 Å². The molecule has 0 aliphatic carbocycles. The molecule has 1 aromatic heterocycles. The summed E-state index contributed by atoms with van der Waals surface area (Å²) in [4.78, 5) is 10.4. The zero-order valence-electron chi connectivity index (χ0n) is 9.10. The highest BCUT2D eigenvalue weighted by Crippen LogP contribution is 2.17. The van der Waals surface area contributed by atoms with E-state index in [1.165, 1.54) is 6.92 Å². The van der Waals surface area contributed by atoms with E-state index < -0.39 is 21.7 Å². The Morgan fingerprint density at radius 1 is 1.53 bits per heavy atom. The summed E-state index contributed by atoms with van der Waals surface area (Å²) in [7, 11) is -3.93.